The van der Waals surface area contributed by atoms with Crippen molar-refractivity contribution in [3.8, 4) is 0 Å². The third-order valence-electron chi connectivity index (χ3n) is 3.77. The molecule has 1 unspecified atom stereocenters. The summed E-state index contributed by atoms with van der Waals surface area (Å²) in [4.78, 5) is 4.52. The Morgan fingerprint density at radius 3 is 2.83 bits per heavy atom. The lowest BCUT2D eigenvalue weighted by Crippen LogP contribution is -2.33. The van der Waals surface area contributed by atoms with Gasteiger partial charge in [0, 0.05) is 19.1 Å². The number of nitrogens with zero attached hydrogens (tertiary/aromatic N) is 1. The fourth-order valence-electron chi connectivity index (χ4n) is 2.74. The molecule has 98 valence electrons. The molecule has 0 amide bonds. The highest BCUT2D eigenvalue weighted by atomic mass is 16.5. The van der Waals surface area contributed by atoms with Crippen LogP contribution in [0.15, 0.2) is 18.3 Å². The molecular formula is C14H21N3O. The van der Waals surface area contributed by atoms with Gasteiger partial charge in [-0.05, 0) is 25.0 Å². The van der Waals surface area contributed by atoms with Crippen LogP contribution in [-0.2, 0) is 4.74 Å². The highest BCUT2D eigenvalue weighted by molar-refractivity contribution is 5.42. The predicted molar refractivity (Wildman–Crippen MR) is 71.7 cm³/mol. The molecule has 1 aromatic rings. The average molecular weight is 247 g/mol. The quantitative estimate of drug-likeness (QED) is 0.858. The van der Waals surface area contributed by atoms with Crippen LogP contribution in [0, 0.1) is 0 Å². The maximum Gasteiger partial charge on any atom is 0.112 e. The fourth-order valence-corrected chi connectivity index (χ4v) is 2.74. The summed E-state index contributed by atoms with van der Waals surface area (Å²) >= 11 is 0. The largest absolute Gasteiger partial charge is 0.381 e. The van der Waals surface area contributed by atoms with E-state index in [1.807, 2.05) is 6.20 Å². The molecule has 0 aromatic carbocycles. The van der Waals surface area contributed by atoms with Gasteiger partial charge in [-0.15, -0.1) is 0 Å². The zero-order valence-corrected chi connectivity index (χ0v) is 10.7. The number of hydrogen-bond acceptors (Lipinski definition) is 4. The van der Waals surface area contributed by atoms with Gasteiger partial charge in [-0.25, -0.2) is 0 Å². The average Bonchev–Trinajstić information content (AvgIpc) is 2.94. The van der Waals surface area contributed by atoms with E-state index in [1.165, 1.54) is 25.7 Å². The monoisotopic (exact) mass is 247 g/mol. The van der Waals surface area contributed by atoms with Crippen molar-refractivity contribution >= 4 is 5.69 Å². The minimum absolute atomic E-state index is 0.110. The molecule has 1 aliphatic carbocycles. The standard InChI is InChI=1S/C14H21N3O/c1-2-4-11(3-1)17-12-5-6-13(16-9-12)14-10-15-7-8-18-14/h5-6,9,11,14-15,17H,1-4,7-8,10H2. The van der Waals surface area contributed by atoms with Gasteiger partial charge >= 0.3 is 0 Å². The molecule has 1 atom stereocenters. The Kier molecular flexibility index (Phi) is 3.76. The maximum atomic E-state index is 5.69. The van der Waals surface area contributed by atoms with E-state index in [9.17, 15) is 0 Å². The molecule has 0 bridgehead atoms. The SMILES string of the molecule is c1cc(C2CNCCO2)ncc1NC1CCCC1. The number of aromatic nitrogens is 1. The molecule has 18 heavy (non-hydrogen) atoms. The van der Waals surface area contributed by atoms with Crippen LogP contribution < -0.4 is 10.6 Å². The van der Waals surface area contributed by atoms with Crippen molar-refractivity contribution in [3.05, 3.63) is 24.0 Å². The molecule has 2 fully saturated rings. The second-order valence-corrected chi connectivity index (χ2v) is 5.16. The smallest absolute Gasteiger partial charge is 0.112 e. The van der Waals surface area contributed by atoms with Crippen molar-refractivity contribution in [1.82, 2.24) is 10.3 Å². The topological polar surface area (TPSA) is 46.2 Å². The van der Waals surface area contributed by atoms with E-state index < -0.39 is 0 Å². The molecule has 1 aliphatic heterocycles. The lowest BCUT2D eigenvalue weighted by Gasteiger charge is -2.23. The zero-order valence-electron chi connectivity index (χ0n) is 10.7. The fraction of sp³-hybridized carbons (Fsp3) is 0.643. The molecule has 1 saturated carbocycles. The Hall–Kier alpha value is -1.13. The molecule has 2 heterocycles. The third-order valence-corrected chi connectivity index (χ3v) is 3.77. The van der Waals surface area contributed by atoms with Gasteiger partial charge in [0.1, 0.15) is 6.10 Å². The minimum atomic E-state index is 0.110. The first-order valence-corrected chi connectivity index (χ1v) is 6.96. The molecule has 1 saturated heterocycles. The van der Waals surface area contributed by atoms with Gasteiger partial charge in [-0.1, -0.05) is 12.8 Å². The summed E-state index contributed by atoms with van der Waals surface area (Å²) < 4.78 is 5.69. The first-order valence-electron chi connectivity index (χ1n) is 6.96. The summed E-state index contributed by atoms with van der Waals surface area (Å²) in [5, 5.41) is 6.88. The highest BCUT2D eigenvalue weighted by Gasteiger charge is 2.17. The van der Waals surface area contributed by atoms with E-state index in [0.717, 1.165) is 31.1 Å². The Morgan fingerprint density at radius 2 is 2.17 bits per heavy atom. The van der Waals surface area contributed by atoms with E-state index in [1.54, 1.807) is 0 Å². The number of anilines is 1. The first kappa shape index (κ1) is 11.9. The van der Waals surface area contributed by atoms with E-state index >= 15 is 0 Å². The maximum absolute atomic E-state index is 5.69. The zero-order chi connectivity index (χ0) is 12.2. The van der Waals surface area contributed by atoms with Gasteiger partial charge in [0.05, 0.1) is 24.2 Å². The molecule has 0 spiro atoms. The van der Waals surface area contributed by atoms with Gasteiger partial charge in [0.25, 0.3) is 0 Å². The van der Waals surface area contributed by atoms with Crippen LogP contribution >= 0.6 is 0 Å². The molecule has 2 aliphatic rings. The van der Waals surface area contributed by atoms with Crippen LogP contribution in [0.4, 0.5) is 5.69 Å². The minimum Gasteiger partial charge on any atom is -0.381 e. The van der Waals surface area contributed by atoms with Crippen molar-refractivity contribution in [2.24, 2.45) is 0 Å². The first-order chi connectivity index (χ1) is 8.92. The summed E-state index contributed by atoms with van der Waals surface area (Å²) in [6, 6.07) is 4.85. The molecule has 2 N–H and O–H groups in total. The van der Waals surface area contributed by atoms with Gasteiger partial charge < -0.3 is 15.4 Å². The van der Waals surface area contributed by atoms with Crippen molar-refractivity contribution in [2.45, 2.75) is 37.8 Å². The second kappa shape index (κ2) is 5.67. The number of nitrogens with one attached hydrogen (secondary N) is 2. The van der Waals surface area contributed by atoms with E-state index in [4.69, 9.17) is 4.74 Å². The number of ether oxygens (including phenoxy) is 1. The summed E-state index contributed by atoms with van der Waals surface area (Å²) in [6.45, 7) is 2.58. The van der Waals surface area contributed by atoms with Crippen molar-refractivity contribution in [2.75, 3.05) is 25.0 Å². The Labute approximate surface area is 108 Å². The second-order valence-electron chi connectivity index (χ2n) is 5.16. The van der Waals surface area contributed by atoms with Gasteiger partial charge in [0.2, 0.25) is 0 Å². The molecular weight excluding hydrogens is 226 g/mol. The van der Waals surface area contributed by atoms with Crippen molar-refractivity contribution < 1.29 is 4.74 Å². The molecule has 3 rings (SSSR count). The number of rotatable bonds is 3. The van der Waals surface area contributed by atoms with Crippen LogP contribution in [-0.4, -0.2) is 30.7 Å². The number of hydrogen-bond donors (Lipinski definition) is 2. The Morgan fingerprint density at radius 1 is 1.28 bits per heavy atom. The third kappa shape index (κ3) is 2.82. The lowest BCUT2D eigenvalue weighted by molar-refractivity contribution is 0.0250. The van der Waals surface area contributed by atoms with Crippen LogP contribution in [0.25, 0.3) is 0 Å². The van der Waals surface area contributed by atoms with E-state index in [2.05, 4.69) is 27.8 Å². The van der Waals surface area contributed by atoms with Crippen LogP contribution in [0.1, 0.15) is 37.5 Å². The van der Waals surface area contributed by atoms with Crippen LogP contribution in [0.5, 0.6) is 0 Å². The molecule has 0 radical (unpaired) electrons. The summed E-state index contributed by atoms with van der Waals surface area (Å²) in [6.07, 6.45) is 7.33. The molecule has 4 nitrogen and oxygen atoms in total. The van der Waals surface area contributed by atoms with Gasteiger partial charge in [-0.2, -0.15) is 0 Å². The number of pyridine rings is 1. The Bertz CT molecular complexity index is 367. The molecule has 4 heteroatoms. The molecule has 1 aromatic heterocycles. The van der Waals surface area contributed by atoms with Gasteiger partial charge in [-0.3, -0.25) is 4.98 Å². The number of morpholine rings is 1. The van der Waals surface area contributed by atoms with E-state index in [0.29, 0.717) is 6.04 Å². The summed E-state index contributed by atoms with van der Waals surface area (Å²) in [5.74, 6) is 0. The summed E-state index contributed by atoms with van der Waals surface area (Å²) in [7, 11) is 0. The normalized spacial score (nSPS) is 25.2. The lowest BCUT2D eigenvalue weighted by atomic mass is 10.2. The van der Waals surface area contributed by atoms with Crippen LogP contribution in [0.2, 0.25) is 0 Å². The van der Waals surface area contributed by atoms with Crippen LogP contribution in [0.3, 0.4) is 0 Å². The summed E-state index contributed by atoms with van der Waals surface area (Å²) in [5.41, 5.74) is 2.16. The van der Waals surface area contributed by atoms with Gasteiger partial charge in [0.15, 0.2) is 0 Å². The predicted octanol–water partition coefficient (Wildman–Crippen LogP) is 2.10. The Balaban J connectivity index is 1.60. The van der Waals surface area contributed by atoms with Crippen molar-refractivity contribution in [3.63, 3.8) is 0 Å². The van der Waals surface area contributed by atoms with E-state index in [-0.39, 0.29) is 6.10 Å². The highest BCUT2D eigenvalue weighted by Crippen LogP contribution is 2.23. The van der Waals surface area contributed by atoms with Crippen molar-refractivity contribution in [1.29, 1.82) is 0 Å².